The molecule has 2 atom stereocenters. The number of aromatic nitrogens is 2. The number of benzene rings is 1. The fraction of sp³-hybridized carbons (Fsp3) is 0.450. The van der Waals surface area contributed by atoms with E-state index in [1.807, 2.05) is 10.8 Å². The van der Waals surface area contributed by atoms with E-state index in [1.54, 1.807) is 36.8 Å². The quantitative estimate of drug-likeness (QED) is 0.728. The fourth-order valence-corrected chi connectivity index (χ4v) is 4.06. The lowest BCUT2D eigenvalue weighted by atomic mass is 9.99. The van der Waals surface area contributed by atoms with Gasteiger partial charge < -0.3 is 20.5 Å². The summed E-state index contributed by atoms with van der Waals surface area (Å²) in [5.74, 6) is -0.160. The van der Waals surface area contributed by atoms with Crippen LogP contribution in [0.3, 0.4) is 0 Å². The van der Waals surface area contributed by atoms with Crippen LogP contribution >= 0.6 is 0 Å². The van der Waals surface area contributed by atoms with E-state index in [2.05, 4.69) is 20.9 Å². The van der Waals surface area contributed by atoms with Gasteiger partial charge in [-0.05, 0) is 43.9 Å². The second-order valence-corrected chi connectivity index (χ2v) is 7.46. The van der Waals surface area contributed by atoms with Gasteiger partial charge >= 0.3 is 0 Å². The van der Waals surface area contributed by atoms with Crippen LogP contribution in [0.25, 0.3) is 0 Å². The molecule has 0 saturated carbocycles. The predicted molar refractivity (Wildman–Crippen MR) is 102 cm³/mol. The van der Waals surface area contributed by atoms with E-state index in [9.17, 15) is 9.59 Å². The Morgan fingerprint density at radius 1 is 1.22 bits per heavy atom. The number of piperidine rings is 1. The molecule has 2 bridgehead atoms. The molecular formula is C20H25N5O2. The summed E-state index contributed by atoms with van der Waals surface area (Å²) < 4.78 is 1.86. The Hall–Kier alpha value is -2.67. The maximum absolute atomic E-state index is 12.6. The summed E-state index contributed by atoms with van der Waals surface area (Å²) in [5.41, 5.74) is 1.22. The first-order valence-electron chi connectivity index (χ1n) is 9.58. The van der Waals surface area contributed by atoms with Crippen molar-refractivity contribution >= 4 is 17.5 Å². The number of carbonyl (C=O) groups is 2. The minimum atomic E-state index is -0.0869. The van der Waals surface area contributed by atoms with Crippen molar-refractivity contribution in [3.63, 3.8) is 0 Å². The molecule has 0 radical (unpaired) electrons. The van der Waals surface area contributed by atoms with Crippen molar-refractivity contribution in [2.45, 2.75) is 56.8 Å². The van der Waals surface area contributed by atoms with E-state index >= 15 is 0 Å². The molecule has 27 heavy (non-hydrogen) atoms. The lowest BCUT2D eigenvalue weighted by molar-refractivity contribution is -0.116. The lowest BCUT2D eigenvalue weighted by Crippen LogP contribution is -2.48. The van der Waals surface area contributed by atoms with Crippen LogP contribution < -0.4 is 16.0 Å². The fourth-order valence-electron chi connectivity index (χ4n) is 4.06. The van der Waals surface area contributed by atoms with Gasteiger partial charge in [-0.2, -0.15) is 0 Å². The lowest BCUT2D eigenvalue weighted by Gasteiger charge is -2.29. The van der Waals surface area contributed by atoms with E-state index in [-0.39, 0.29) is 17.9 Å². The molecule has 1 aromatic carbocycles. The zero-order chi connectivity index (χ0) is 18.6. The minimum Gasteiger partial charge on any atom is -0.349 e. The summed E-state index contributed by atoms with van der Waals surface area (Å²) in [6.07, 6.45) is 9.95. The first kappa shape index (κ1) is 17.7. The largest absolute Gasteiger partial charge is 0.349 e. The van der Waals surface area contributed by atoms with Crippen molar-refractivity contribution < 1.29 is 9.59 Å². The van der Waals surface area contributed by atoms with Crippen LogP contribution in [0.4, 0.5) is 5.69 Å². The number of nitrogens with zero attached hydrogens (tertiary/aromatic N) is 2. The van der Waals surface area contributed by atoms with Gasteiger partial charge in [0.05, 0.1) is 6.33 Å². The van der Waals surface area contributed by atoms with Crippen LogP contribution in [0.15, 0.2) is 43.0 Å². The number of aryl methyl sites for hydroxylation is 1. The summed E-state index contributed by atoms with van der Waals surface area (Å²) in [5, 5.41) is 9.60. The van der Waals surface area contributed by atoms with Gasteiger partial charge in [0, 0.05) is 54.7 Å². The molecule has 2 unspecified atom stereocenters. The third kappa shape index (κ3) is 4.54. The molecule has 1 aromatic heterocycles. The number of hydrogen-bond donors (Lipinski definition) is 3. The molecule has 3 N–H and O–H groups in total. The third-order valence-electron chi connectivity index (χ3n) is 5.37. The molecule has 2 aromatic rings. The molecule has 3 heterocycles. The van der Waals surface area contributed by atoms with Crippen molar-refractivity contribution in [3.8, 4) is 0 Å². The smallest absolute Gasteiger partial charge is 0.251 e. The van der Waals surface area contributed by atoms with Gasteiger partial charge in [0.2, 0.25) is 5.91 Å². The van der Waals surface area contributed by atoms with E-state index in [0.717, 1.165) is 12.8 Å². The van der Waals surface area contributed by atoms with Crippen molar-refractivity contribution in [1.82, 2.24) is 20.2 Å². The molecule has 4 rings (SSSR count). The number of fused-ring (bicyclic) bond motifs is 2. The molecule has 2 amide bonds. The average molecular weight is 367 g/mol. The van der Waals surface area contributed by atoms with Crippen molar-refractivity contribution in [3.05, 3.63) is 48.5 Å². The summed E-state index contributed by atoms with van der Waals surface area (Å²) in [6.45, 7) is 0.573. The van der Waals surface area contributed by atoms with Crippen LogP contribution in [-0.2, 0) is 11.3 Å². The second-order valence-electron chi connectivity index (χ2n) is 7.46. The van der Waals surface area contributed by atoms with Gasteiger partial charge in [-0.15, -0.1) is 0 Å². The van der Waals surface area contributed by atoms with Crippen LogP contribution in [0, 0.1) is 0 Å². The summed E-state index contributed by atoms with van der Waals surface area (Å²) in [7, 11) is 0. The molecule has 142 valence electrons. The standard InChI is InChI=1S/C20H25N5O2/c26-19(6-8-25-9-7-21-13-25)23-15-3-1-2-14(10-15)20(27)24-18-11-16-4-5-17(12-18)22-16/h1-3,7,9-10,13,16-18,22H,4-6,8,11-12H2,(H,23,26)(H,24,27). The predicted octanol–water partition coefficient (Wildman–Crippen LogP) is 1.92. The summed E-state index contributed by atoms with van der Waals surface area (Å²) >= 11 is 0. The van der Waals surface area contributed by atoms with Gasteiger partial charge in [-0.1, -0.05) is 6.07 Å². The van der Waals surface area contributed by atoms with Gasteiger partial charge in [-0.25, -0.2) is 4.98 Å². The highest BCUT2D eigenvalue weighted by atomic mass is 16.2. The van der Waals surface area contributed by atoms with Gasteiger partial charge in [0.15, 0.2) is 0 Å². The topological polar surface area (TPSA) is 88.0 Å². The highest BCUT2D eigenvalue weighted by molar-refractivity contribution is 5.97. The first-order valence-corrected chi connectivity index (χ1v) is 9.58. The number of nitrogens with one attached hydrogen (secondary N) is 3. The van der Waals surface area contributed by atoms with Crippen molar-refractivity contribution in [2.24, 2.45) is 0 Å². The zero-order valence-corrected chi connectivity index (χ0v) is 15.2. The summed E-state index contributed by atoms with van der Waals surface area (Å²) in [6, 6.07) is 8.42. The van der Waals surface area contributed by atoms with Crippen molar-refractivity contribution in [1.29, 1.82) is 0 Å². The SMILES string of the molecule is O=C(CCn1ccnc1)Nc1cccc(C(=O)NC2CC3CCC(C2)N3)c1. The normalized spacial score (nSPS) is 23.8. The van der Waals surface area contributed by atoms with Crippen LogP contribution in [0.2, 0.25) is 0 Å². The monoisotopic (exact) mass is 367 g/mol. The highest BCUT2D eigenvalue weighted by Crippen LogP contribution is 2.27. The minimum absolute atomic E-state index is 0.0733. The highest BCUT2D eigenvalue weighted by Gasteiger charge is 2.34. The Balaban J connectivity index is 1.31. The molecule has 0 aliphatic carbocycles. The number of anilines is 1. The van der Waals surface area contributed by atoms with Gasteiger partial charge in [0.25, 0.3) is 5.91 Å². The van der Waals surface area contributed by atoms with Gasteiger partial charge in [-0.3, -0.25) is 9.59 Å². The second kappa shape index (κ2) is 7.92. The Labute approximate surface area is 158 Å². The van der Waals surface area contributed by atoms with E-state index in [0.29, 0.717) is 36.3 Å². The molecule has 2 aliphatic heterocycles. The molecule has 2 aliphatic rings. The molecule has 2 saturated heterocycles. The molecule has 7 heteroatoms. The Morgan fingerprint density at radius 2 is 2.04 bits per heavy atom. The number of rotatable bonds is 6. The third-order valence-corrected chi connectivity index (χ3v) is 5.37. The van der Waals surface area contributed by atoms with Crippen molar-refractivity contribution in [2.75, 3.05) is 5.32 Å². The average Bonchev–Trinajstić information content (AvgIpc) is 3.30. The van der Waals surface area contributed by atoms with Crippen LogP contribution in [0.1, 0.15) is 42.5 Å². The van der Waals surface area contributed by atoms with E-state index in [1.165, 1.54) is 12.8 Å². The Bertz CT molecular complexity index is 792. The molecule has 2 fully saturated rings. The van der Waals surface area contributed by atoms with Gasteiger partial charge in [0.1, 0.15) is 0 Å². The Kier molecular flexibility index (Phi) is 5.20. The summed E-state index contributed by atoms with van der Waals surface area (Å²) in [4.78, 5) is 28.7. The zero-order valence-electron chi connectivity index (χ0n) is 15.2. The number of hydrogen-bond acceptors (Lipinski definition) is 4. The Morgan fingerprint density at radius 3 is 2.78 bits per heavy atom. The number of carbonyl (C=O) groups excluding carboxylic acids is 2. The maximum atomic E-state index is 12.6. The number of imidazole rings is 1. The molecule has 0 spiro atoms. The van der Waals surface area contributed by atoms with Crippen LogP contribution in [-0.4, -0.2) is 39.5 Å². The first-order chi connectivity index (χ1) is 13.2. The molecule has 7 nitrogen and oxygen atoms in total. The van der Waals surface area contributed by atoms with E-state index in [4.69, 9.17) is 0 Å². The number of amides is 2. The van der Waals surface area contributed by atoms with E-state index < -0.39 is 0 Å². The maximum Gasteiger partial charge on any atom is 0.251 e. The molecular weight excluding hydrogens is 342 g/mol. The van der Waals surface area contributed by atoms with Crippen LogP contribution in [0.5, 0.6) is 0 Å².